The number of nitrogens with two attached hydrogens (primary N) is 1. The van der Waals surface area contributed by atoms with Gasteiger partial charge in [0.15, 0.2) is 0 Å². The van der Waals surface area contributed by atoms with Crippen LogP contribution in [0.1, 0.15) is 30.1 Å². The number of carboxylic acid groups (broad SMARTS) is 1. The van der Waals surface area contributed by atoms with Gasteiger partial charge in [0.2, 0.25) is 5.91 Å². The molecular weight excluding hydrogens is 284 g/mol. The maximum Gasteiger partial charge on any atom is 0.337 e. The Balaban J connectivity index is 2.96. The fourth-order valence-corrected chi connectivity index (χ4v) is 1.71. The Bertz CT molecular complexity index is 543. The van der Waals surface area contributed by atoms with Crippen LogP contribution in [0.5, 0.6) is 0 Å². The number of aromatic carboxylic acids is 1. The highest BCUT2D eigenvalue weighted by Gasteiger charge is 2.28. The molecule has 0 saturated carbocycles. The number of rotatable bonds is 6. The Morgan fingerprint density at radius 1 is 1.50 bits per heavy atom. The molecule has 7 heteroatoms. The molecule has 0 radical (unpaired) electrons. The number of halogens is 1. The molecule has 0 aromatic heterocycles. The number of carbonyl (C=O) groups excluding carboxylic acids is 2. The minimum atomic E-state index is -1.27. The summed E-state index contributed by atoms with van der Waals surface area (Å²) >= 11 is 5.72. The van der Waals surface area contributed by atoms with Crippen molar-refractivity contribution < 1.29 is 19.5 Å². The molecule has 0 aliphatic carbocycles. The van der Waals surface area contributed by atoms with Crippen LogP contribution in [0.15, 0.2) is 18.2 Å². The van der Waals surface area contributed by atoms with E-state index in [0.29, 0.717) is 6.29 Å². The van der Waals surface area contributed by atoms with E-state index < -0.39 is 17.4 Å². The van der Waals surface area contributed by atoms with Crippen molar-refractivity contribution in [2.24, 2.45) is 5.73 Å². The largest absolute Gasteiger partial charge is 0.478 e. The molecule has 20 heavy (non-hydrogen) atoms. The van der Waals surface area contributed by atoms with Crippen molar-refractivity contribution in [1.29, 1.82) is 0 Å². The van der Waals surface area contributed by atoms with Gasteiger partial charge in [-0.05, 0) is 31.5 Å². The van der Waals surface area contributed by atoms with E-state index in [-0.39, 0.29) is 29.1 Å². The summed E-state index contributed by atoms with van der Waals surface area (Å²) in [5, 5.41) is 11.8. The van der Waals surface area contributed by atoms with E-state index in [1.54, 1.807) is 0 Å². The SMILES string of the molecule is CC(N)(CCC=O)C(=O)Nc1ccc(Cl)cc1C(=O)O. The lowest BCUT2D eigenvalue weighted by Gasteiger charge is -2.23. The molecule has 0 bridgehead atoms. The zero-order valence-corrected chi connectivity index (χ0v) is 11.6. The average molecular weight is 299 g/mol. The summed E-state index contributed by atoms with van der Waals surface area (Å²) in [7, 11) is 0. The van der Waals surface area contributed by atoms with Crippen LogP contribution in [-0.4, -0.2) is 28.8 Å². The first kappa shape index (κ1) is 16.1. The molecule has 1 aromatic carbocycles. The number of amides is 1. The Kier molecular flexibility index (Phi) is 5.24. The van der Waals surface area contributed by atoms with Crippen LogP contribution in [0.3, 0.4) is 0 Å². The summed E-state index contributed by atoms with van der Waals surface area (Å²) in [5.41, 5.74) is 4.52. The molecular formula is C13H15ClN2O4. The fourth-order valence-electron chi connectivity index (χ4n) is 1.54. The van der Waals surface area contributed by atoms with Gasteiger partial charge in [0, 0.05) is 11.4 Å². The Hall–Kier alpha value is -1.92. The second kappa shape index (κ2) is 6.49. The van der Waals surface area contributed by atoms with Gasteiger partial charge >= 0.3 is 5.97 Å². The molecule has 0 heterocycles. The molecule has 0 aliphatic heterocycles. The monoisotopic (exact) mass is 298 g/mol. The zero-order valence-electron chi connectivity index (χ0n) is 10.9. The quantitative estimate of drug-likeness (QED) is 0.692. The Morgan fingerprint density at radius 3 is 2.70 bits per heavy atom. The number of carboxylic acids is 1. The van der Waals surface area contributed by atoms with Crippen molar-refractivity contribution in [3.8, 4) is 0 Å². The highest BCUT2D eigenvalue weighted by molar-refractivity contribution is 6.31. The molecule has 1 rings (SSSR count). The van der Waals surface area contributed by atoms with Crippen molar-refractivity contribution in [3.63, 3.8) is 0 Å². The summed E-state index contributed by atoms with van der Waals surface area (Å²) in [4.78, 5) is 33.4. The normalized spacial score (nSPS) is 13.3. The van der Waals surface area contributed by atoms with E-state index in [1.807, 2.05) is 0 Å². The number of hydrogen-bond acceptors (Lipinski definition) is 4. The first-order valence-corrected chi connectivity index (χ1v) is 6.22. The van der Waals surface area contributed by atoms with Crippen molar-refractivity contribution in [2.45, 2.75) is 25.3 Å². The van der Waals surface area contributed by atoms with Crippen LogP contribution >= 0.6 is 11.6 Å². The number of carbonyl (C=O) groups is 3. The number of aldehydes is 1. The highest BCUT2D eigenvalue weighted by Crippen LogP contribution is 2.22. The van der Waals surface area contributed by atoms with Crippen LogP contribution in [0.25, 0.3) is 0 Å². The smallest absolute Gasteiger partial charge is 0.337 e. The van der Waals surface area contributed by atoms with Crippen LogP contribution < -0.4 is 11.1 Å². The standard InChI is InChI=1S/C13H15ClN2O4/c1-13(15,5-2-6-17)12(20)16-10-4-3-8(14)7-9(10)11(18)19/h3-4,6-7H,2,5,15H2,1H3,(H,16,20)(H,18,19). The molecule has 1 aromatic rings. The van der Waals surface area contributed by atoms with Crippen LogP contribution in [-0.2, 0) is 9.59 Å². The summed E-state index contributed by atoms with van der Waals surface area (Å²) in [6.07, 6.45) is 0.981. The molecule has 6 nitrogen and oxygen atoms in total. The second-order valence-corrected chi connectivity index (χ2v) is 5.01. The number of benzene rings is 1. The first-order valence-electron chi connectivity index (χ1n) is 5.85. The molecule has 4 N–H and O–H groups in total. The maximum absolute atomic E-state index is 12.0. The van der Waals surface area contributed by atoms with E-state index in [2.05, 4.69) is 5.32 Å². The van der Waals surface area contributed by atoms with Gasteiger partial charge in [-0.25, -0.2) is 4.79 Å². The molecule has 1 amide bonds. The van der Waals surface area contributed by atoms with Crippen molar-refractivity contribution >= 4 is 35.5 Å². The number of nitrogens with one attached hydrogen (secondary N) is 1. The van der Waals surface area contributed by atoms with Gasteiger partial charge in [-0.2, -0.15) is 0 Å². The van der Waals surface area contributed by atoms with Crippen molar-refractivity contribution in [3.05, 3.63) is 28.8 Å². The van der Waals surface area contributed by atoms with E-state index in [0.717, 1.165) is 0 Å². The van der Waals surface area contributed by atoms with E-state index in [4.69, 9.17) is 22.4 Å². The van der Waals surface area contributed by atoms with Gasteiger partial charge in [0.1, 0.15) is 6.29 Å². The topological polar surface area (TPSA) is 109 Å². The molecule has 0 spiro atoms. The molecule has 0 saturated heterocycles. The van der Waals surface area contributed by atoms with Crippen molar-refractivity contribution in [2.75, 3.05) is 5.32 Å². The van der Waals surface area contributed by atoms with Gasteiger partial charge in [0.25, 0.3) is 0 Å². The summed E-state index contributed by atoms with van der Waals surface area (Å²) in [6, 6.07) is 4.08. The summed E-state index contributed by atoms with van der Waals surface area (Å²) in [6.45, 7) is 1.47. The molecule has 1 unspecified atom stereocenters. The minimum Gasteiger partial charge on any atom is -0.478 e. The summed E-state index contributed by atoms with van der Waals surface area (Å²) < 4.78 is 0. The van der Waals surface area contributed by atoms with Gasteiger partial charge in [0.05, 0.1) is 16.8 Å². The molecule has 0 aliphatic rings. The molecule has 0 fully saturated rings. The van der Waals surface area contributed by atoms with E-state index >= 15 is 0 Å². The second-order valence-electron chi connectivity index (χ2n) is 4.57. The Labute approximate surface area is 120 Å². The predicted molar refractivity (Wildman–Crippen MR) is 74.9 cm³/mol. The predicted octanol–water partition coefficient (Wildman–Crippen LogP) is 1.67. The van der Waals surface area contributed by atoms with E-state index in [1.165, 1.54) is 25.1 Å². The number of anilines is 1. The summed E-state index contributed by atoms with van der Waals surface area (Å²) in [5.74, 6) is -1.78. The minimum absolute atomic E-state index is 0.106. The maximum atomic E-state index is 12.0. The van der Waals surface area contributed by atoms with Gasteiger partial charge in [-0.15, -0.1) is 0 Å². The average Bonchev–Trinajstić information content (AvgIpc) is 2.38. The lowest BCUT2D eigenvalue weighted by Crippen LogP contribution is -2.48. The molecule has 108 valence electrons. The van der Waals surface area contributed by atoms with Crippen LogP contribution in [0, 0.1) is 0 Å². The van der Waals surface area contributed by atoms with Gasteiger partial charge in [-0.1, -0.05) is 11.6 Å². The highest BCUT2D eigenvalue weighted by atomic mass is 35.5. The molecule has 1 atom stereocenters. The number of hydrogen-bond donors (Lipinski definition) is 3. The lowest BCUT2D eigenvalue weighted by atomic mass is 9.96. The van der Waals surface area contributed by atoms with Crippen LogP contribution in [0.4, 0.5) is 5.69 Å². The fraction of sp³-hybridized carbons (Fsp3) is 0.308. The van der Waals surface area contributed by atoms with Crippen LogP contribution in [0.2, 0.25) is 5.02 Å². The third kappa shape index (κ3) is 4.04. The van der Waals surface area contributed by atoms with Gasteiger partial charge < -0.3 is 21.0 Å². The third-order valence-electron chi connectivity index (χ3n) is 2.76. The van der Waals surface area contributed by atoms with E-state index in [9.17, 15) is 14.4 Å². The Morgan fingerprint density at radius 2 is 2.15 bits per heavy atom. The van der Waals surface area contributed by atoms with Gasteiger partial charge in [-0.3, -0.25) is 4.79 Å². The lowest BCUT2D eigenvalue weighted by molar-refractivity contribution is -0.121. The zero-order chi connectivity index (χ0) is 15.3. The van der Waals surface area contributed by atoms with Crippen molar-refractivity contribution in [1.82, 2.24) is 0 Å². The first-order chi connectivity index (χ1) is 9.27. The third-order valence-corrected chi connectivity index (χ3v) is 3.00.